The van der Waals surface area contributed by atoms with Gasteiger partial charge < -0.3 is 4.74 Å². The summed E-state index contributed by atoms with van der Waals surface area (Å²) in [5.41, 5.74) is 0.923. The van der Waals surface area contributed by atoms with Crippen molar-refractivity contribution in [1.29, 1.82) is 0 Å². The molecule has 0 aliphatic rings. The Morgan fingerprint density at radius 3 is 2.60 bits per heavy atom. The standard InChI is InChI=1S/C13H7ClF3NO2/c14-12-5-8(7-19)4-11(18-12)9-2-1-3-10(6-9)20-13(15,16)17/h1-7H. The first kappa shape index (κ1) is 14.3. The van der Waals surface area contributed by atoms with Crippen LogP contribution >= 0.6 is 11.6 Å². The van der Waals surface area contributed by atoms with Crippen LogP contribution in [0.2, 0.25) is 5.15 Å². The van der Waals surface area contributed by atoms with Gasteiger partial charge in [-0.25, -0.2) is 4.98 Å². The van der Waals surface area contributed by atoms with E-state index in [1.807, 2.05) is 0 Å². The van der Waals surface area contributed by atoms with Crippen molar-refractivity contribution in [2.45, 2.75) is 6.36 Å². The first-order valence-corrected chi connectivity index (χ1v) is 5.74. The van der Waals surface area contributed by atoms with Gasteiger partial charge >= 0.3 is 6.36 Å². The summed E-state index contributed by atoms with van der Waals surface area (Å²) < 4.78 is 40.3. The summed E-state index contributed by atoms with van der Waals surface area (Å²) in [6, 6.07) is 8.04. The topological polar surface area (TPSA) is 39.2 Å². The molecule has 0 bridgehead atoms. The fourth-order valence-electron chi connectivity index (χ4n) is 1.59. The Morgan fingerprint density at radius 2 is 1.95 bits per heavy atom. The lowest BCUT2D eigenvalue weighted by molar-refractivity contribution is -0.274. The van der Waals surface area contributed by atoms with Crippen LogP contribution in [0.1, 0.15) is 10.4 Å². The maximum absolute atomic E-state index is 12.2. The molecule has 7 heteroatoms. The monoisotopic (exact) mass is 301 g/mol. The molecule has 1 aromatic heterocycles. The van der Waals surface area contributed by atoms with Crippen molar-refractivity contribution in [3.63, 3.8) is 0 Å². The summed E-state index contributed by atoms with van der Waals surface area (Å²) >= 11 is 5.74. The van der Waals surface area contributed by atoms with E-state index in [0.717, 1.165) is 0 Å². The molecule has 0 fully saturated rings. The van der Waals surface area contributed by atoms with Crippen LogP contribution in [-0.4, -0.2) is 17.6 Å². The molecule has 1 heterocycles. The van der Waals surface area contributed by atoms with E-state index in [1.54, 1.807) is 0 Å². The molecular weight excluding hydrogens is 295 g/mol. The zero-order valence-electron chi connectivity index (χ0n) is 9.82. The Labute approximate surface area is 117 Å². The fraction of sp³-hybridized carbons (Fsp3) is 0.0769. The highest BCUT2D eigenvalue weighted by atomic mass is 35.5. The van der Waals surface area contributed by atoms with Gasteiger partial charge in [0.15, 0.2) is 0 Å². The van der Waals surface area contributed by atoms with Gasteiger partial charge in [0.25, 0.3) is 0 Å². The average Bonchev–Trinajstić information content (AvgIpc) is 2.36. The van der Waals surface area contributed by atoms with E-state index in [-0.39, 0.29) is 22.2 Å². The maximum Gasteiger partial charge on any atom is 0.573 e. The second kappa shape index (κ2) is 5.50. The molecule has 0 N–H and O–H groups in total. The normalized spacial score (nSPS) is 11.2. The first-order chi connectivity index (χ1) is 9.37. The molecule has 104 valence electrons. The van der Waals surface area contributed by atoms with Gasteiger partial charge in [-0.3, -0.25) is 4.79 Å². The molecule has 0 aliphatic heterocycles. The SMILES string of the molecule is O=Cc1cc(Cl)nc(-c2cccc(OC(F)(F)F)c2)c1. The third-order valence-corrected chi connectivity index (χ3v) is 2.51. The van der Waals surface area contributed by atoms with Gasteiger partial charge in [-0.2, -0.15) is 0 Å². The van der Waals surface area contributed by atoms with Gasteiger partial charge in [0.2, 0.25) is 0 Å². The van der Waals surface area contributed by atoms with Crippen LogP contribution in [0.3, 0.4) is 0 Å². The van der Waals surface area contributed by atoms with E-state index in [4.69, 9.17) is 11.6 Å². The van der Waals surface area contributed by atoms with Crippen molar-refractivity contribution < 1.29 is 22.7 Å². The van der Waals surface area contributed by atoms with Crippen molar-refractivity contribution in [3.05, 3.63) is 47.1 Å². The minimum Gasteiger partial charge on any atom is -0.406 e. The van der Waals surface area contributed by atoms with E-state index in [0.29, 0.717) is 11.8 Å². The number of aldehydes is 1. The van der Waals surface area contributed by atoms with E-state index < -0.39 is 6.36 Å². The van der Waals surface area contributed by atoms with Gasteiger partial charge in [-0.15, -0.1) is 13.2 Å². The maximum atomic E-state index is 12.2. The van der Waals surface area contributed by atoms with Crippen molar-refractivity contribution in [1.82, 2.24) is 4.98 Å². The minimum atomic E-state index is -4.77. The highest BCUT2D eigenvalue weighted by molar-refractivity contribution is 6.29. The number of halogens is 4. The number of aromatic nitrogens is 1. The Hall–Kier alpha value is -2.08. The highest BCUT2D eigenvalue weighted by Crippen LogP contribution is 2.28. The van der Waals surface area contributed by atoms with Crippen LogP contribution in [0.25, 0.3) is 11.3 Å². The van der Waals surface area contributed by atoms with Crippen LogP contribution < -0.4 is 4.74 Å². The molecule has 0 radical (unpaired) electrons. The van der Waals surface area contributed by atoms with Gasteiger partial charge in [-0.05, 0) is 24.3 Å². The van der Waals surface area contributed by atoms with Crippen LogP contribution in [0.5, 0.6) is 5.75 Å². The molecule has 0 atom stereocenters. The molecule has 0 saturated heterocycles. The number of alkyl halides is 3. The van der Waals surface area contributed by atoms with Crippen LogP contribution in [0, 0.1) is 0 Å². The van der Waals surface area contributed by atoms with Gasteiger partial charge in [0.05, 0.1) is 5.69 Å². The number of pyridine rings is 1. The fourth-order valence-corrected chi connectivity index (χ4v) is 1.80. The number of hydrogen-bond donors (Lipinski definition) is 0. The summed E-state index contributed by atoms with van der Waals surface area (Å²) in [6.45, 7) is 0. The molecule has 0 aliphatic carbocycles. The van der Waals surface area contributed by atoms with E-state index in [9.17, 15) is 18.0 Å². The Bertz CT molecular complexity index is 644. The number of nitrogens with zero attached hydrogens (tertiary/aromatic N) is 1. The second-order valence-electron chi connectivity index (χ2n) is 3.80. The minimum absolute atomic E-state index is 0.0757. The molecule has 20 heavy (non-hydrogen) atoms. The summed E-state index contributed by atoms with van der Waals surface area (Å²) in [4.78, 5) is 14.7. The number of ether oxygens (including phenoxy) is 1. The molecule has 3 nitrogen and oxygen atoms in total. The molecule has 0 unspecified atom stereocenters. The van der Waals surface area contributed by atoms with E-state index in [1.165, 1.54) is 36.4 Å². The highest BCUT2D eigenvalue weighted by Gasteiger charge is 2.31. The number of carbonyl (C=O) groups is 1. The zero-order valence-corrected chi connectivity index (χ0v) is 10.6. The zero-order chi connectivity index (χ0) is 14.8. The van der Waals surface area contributed by atoms with Crippen molar-refractivity contribution in [2.75, 3.05) is 0 Å². The smallest absolute Gasteiger partial charge is 0.406 e. The summed E-state index contributed by atoms with van der Waals surface area (Å²) in [6.07, 6.45) is -4.19. The van der Waals surface area contributed by atoms with Crippen LogP contribution in [-0.2, 0) is 0 Å². The number of carbonyl (C=O) groups excluding carboxylic acids is 1. The van der Waals surface area contributed by atoms with Crippen molar-refractivity contribution >= 4 is 17.9 Å². The lowest BCUT2D eigenvalue weighted by Gasteiger charge is -2.10. The second-order valence-corrected chi connectivity index (χ2v) is 4.19. The van der Waals surface area contributed by atoms with Gasteiger partial charge in [0.1, 0.15) is 17.2 Å². The molecule has 0 saturated carbocycles. The predicted octanol–water partition coefficient (Wildman–Crippen LogP) is 4.11. The van der Waals surface area contributed by atoms with Crippen LogP contribution in [0.15, 0.2) is 36.4 Å². The largest absolute Gasteiger partial charge is 0.573 e. The number of benzene rings is 1. The summed E-state index contributed by atoms with van der Waals surface area (Å²) in [5.74, 6) is -0.371. The average molecular weight is 302 g/mol. The Morgan fingerprint density at radius 1 is 1.20 bits per heavy atom. The molecule has 1 aromatic carbocycles. The van der Waals surface area contributed by atoms with E-state index in [2.05, 4.69) is 9.72 Å². The van der Waals surface area contributed by atoms with Gasteiger partial charge in [0, 0.05) is 11.1 Å². The first-order valence-electron chi connectivity index (χ1n) is 5.36. The van der Waals surface area contributed by atoms with Crippen molar-refractivity contribution in [2.24, 2.45) is 0 Å². The molecule has 2 rings (SSSR count). The number of rotatable bonds is 3. The van der Waals surface area contributed by atoms with Gasteiger partial charge in [-0.1, -0.05) is 23.7 Å². The Balaban J connectivity index is 2.40. The lowest BCUT2D eigenvalue weighted by Crippen LogP contribution is -2.17. The van der Waals surface area contributed by atoms with E-state index >= 15 is 0 Å². The number of hydrogen-bond acceptors (Lipinski definition) is 3. The quantitative estimate of drug-likeness (QED) is 0.632. The molecule has 0 spiro atoms. The van der Waals surface area contributed by atoms with Crippen LogP contribution in [0.4, 0.5) is 13.2 Å². The molecule has 0 amide bonds. The molecule has 2 aromatic rings. The molecular formula is C13H7ClF3NO2. The summed E-state index contributed by atoms with van der Waals surface area (Å²) in [7, 11) is 0. The predicted molar refractivity (Wildman–Crippen MR) is 66.8 cm³/mol. The third-order valence-electron chi connectivity index (χ3n) is 2.32. The van der Waals surface area contributed by atoms with Crippen molar-refractivity contribution in [3.8, 4) is 17.0 Å². The summed E-state index contributed by atoms with van der Waals surface area (Å²) in [5, 5.41) is 0.0757. The third kappa shape index (κ3) is 3.71. The lowest BCUT2D eigenvalue weighted by atomic mass is 10.1. The Kier molecular flexibility index (Phi) is 3.94.